The third-order valence-electron chi connectivity index (χ3n) is 2.58. The summed E-state index contributed by atoms with van der Waals surface area (Å²) < 4.78 is 0. The summed E-state index contributed by atoms with van der Waals surface area (Å²) in [5, 5.41) is 3.21. The molecule has 0 amide bonds. The maximum absolute atomic E-state index is 11.8. The van der Waals surface area contributed by atoms with E-state index < -0.39 is 0 Å². The minimum absolute atomic E-state index is 0.0214. The zero-order valence-corrected chi connectivity index (χ0v) is 11.2. The Balaban J connectivity index is 2.63. The molecule has 96 valence electrons. The standard InChI is InChI=1S/C13H23N3O/c1-9(2)5-6-12-15-8-11(13(17)16-12)7-14-10(3)4/h8-10,14H,5-7H2,1-4H3,(H,15,16,17). The molecule has 0 aliphatic rings. The number of aromatic nitrogens is 2. The Kier molecular flexibility index (Phi) is 5.35. The van der Waals surface area contributed by atoms with Crippen LogP contribution in [0.2, 0.25) is 0 Å². The Hall–Kier alpha value is -1.16. The van der Waals surface area contributed by atoms with Gasteiger partial charge >= 0.3 is 0 Å². The number of nitrogens with zero attached hydrogens (tertiary/aromatic N) is 1. The maximum atomic E-state index is 11.8. The SMILES string of the molecule is CC(C)CCc1ncc(CNC(C)C)c(=O)[nH]1. The summed E-state index contributed by atoms with van der Waals surface area (Å²) >= 11 is 0. The summed E-state index contributed by atoms with van der Waals surface area (Å²) in [6, 6.07) is 0.370. The van der Waals surface area contributed by atoms with Crippen molar-refractivity contribution in [2.45, 2.75) is 53.1 Å². The summed E-state index contributed by atoms with van der Waals surface area (Å²) in [5.41, 5.74) is 0.680. The molecule has 0 spiro atoms. The van der Waals surface area contributed by atoms with Crippen LogP contribution in [-0.4, -0.2) is 16.0 Å². The summed E-state index contributed by atoms with van der Waals surface area (Å²) in [6.07, 6.45) is 3.57. The molecule has 0 saturated carbocycles. The maximum Gasteiger partial charge on any atom is 0.255 e. The van der Waals surface area contributed by atoms with E-state index in [0.29, 0.717) is 24.1 Å². The lowest BCUT2D eigenvalue weighted by molar-refractivity contribution is 0.567. The van der Waals surface area contributed by atoms with Gasteiger partial charge in [-0.05, 0) is 12.3 Å². The summed E-state index contributed by atoms with van der Waals surface area (Å²) in [4.78, 5) is 18.9. The van der Waals surface area contributed by atoms with Gasteiger partial charge in [0.25, 0.3) is 5.56 Å². The van der Waals surface area contributed by atoms with Crippen molar-refractivity contribution in [3.63, 3.8) is 0 Å². The quantitative estimate of drug-likeness (QED) is 0.794. The van der Waals surface area contributed by atoms with E-state index in [1.54, 1.807) is 6.20 Å². The largest absolute Gasteiger partial charge is 0.310 e. The van der Waals surface area contributed by atoms with E-state index in [2.05, 4.69) is 43.0 Å². The molecule has 2 N–H and O–H groups in total. The van der Waals surface area contributed by atoms with Gasteiger partial charge in [0.2, 0.25) is 0 Å². The van der Waals surface area contributed by atoms with Gasteiger partial charge in [-0.15, -0.1) is 0 Å². The highest BCUT2D eigenvalue weighted by Crippen LogP contribution is 2.03. The molecule has 0 bridgehead atoms. The fourth-order valence-corrected chi connectivity index (χ4v) is 1.45. The van der Waals surface area contributed by atoms with Crippen LogP contribution in [-0.2, 0) is 13.0 Å². The number of H-pyrrole nitrogens is 1. The van der Waals surface area contributed by atoms with Crippen LogP contribution >= 0.6 is 0 Å². The first-order chi connectivity index (χ1) is 7.99. The average molecular weight is 237 g/mol. The number of aryl methyl sites for hydroxylation is 1. The Morgan fingerprint density at radius 1 is 1.35 bits per heavy atom. The van der Waals surface area contributed by atoms with Crippen LogP contribution in [0.15, 0.2) is 11.0 Å². The molecule has 1 aromatic rings. The van der Waals surface area contributed by atoms with E-state index in [4.69, 9.17) is 0 Å². The smallest absolute Gasteiger partial charge is 0.255 e. The highest BCUT2D eigenvalue weighted by atomic mass is 16.1. The van der Waals surface area contributed by atoms with E-state index in [9.17, 15) is 4.79 Å². The Bertz CT molecular complexity index is 396. The Morgan fingerprint density at radius 3 is 2.59 bits per heavy atom. The highest BCUT2D eigenvalue weighted by molar-refractivity contribution is 5.05. The van der Waals surface area contributed by atoms with E-state index >= 15 is 0 Å². The summed E-state index contributed by atoms with van der Waals surface area (Å²) in [6.45, 7) is 9.01. The molecule has 0 aliphatic carbocycles. The van der Waals surface area contributed by atoms with Crippen molar-refractivity contribution in [2.75, 3.05) is 0 Å². The van der Waals surface area contributed by atoms with E-state index in [1.807, 2.05) is 0 Å². The van der Waals surface area contributed by atoms with Crippen molar-refractivity contribution in [1.29, 1.82) is 0 Å². The molecule has 1 aromatic heterocycles. The molecule has 4 nitrogen and oxygen atoms in total. The van der Waals surface area contributed by atoms with Gasteiger partial charge in [-0.1, -0.05) is 27.7 Å². The van der Waals surface area contributed by atoms with Gasteiger partial charge in [-0.25, -0.2) is 4.98 Å². The normalized spacial score (nSPS) is 11.4. The van der Waals surface area contributed by atoms with E-state index in [1.165, 1.54) is 0 Å². The fraction of sp³-hybridized carbons (Fsp3) is 0.692. The third-order valence-corrected chi connectivity index (χ3v) is 2.58. The van der Waals surface area contributed by atoms with E-state index in [0.717, 1.165) is 18.7 Å². The highest BCUT2D eigenvalue weighted by Gasteiger charge is 2.04. The molecule has 4 heteroatoms. The Morgan fingerprint density at radius 2 is 2.06 bits per heavy atom. The molecule has 0 aliphatic heterocycles. The molecule has 0 aromatic carbocycles. The van der Waals surface area contributed by atoms with Crippen LogP contribution in [0.5, 0.6) is 0 Å². The fourth-order valence-electron chi connectivity index (χ4n) is 1.45. The molecule has 0 radical (unpaired) electrons. The van der Waals surface area contributed by atoms with Gasteiger partial charge in [0.1, 0.15) is 5.82 Å². The first-order valence-corrected chi connectivity index (χ1v) is 6.29. The predicted molar refractivity (Wildman–Crippen MR) is 70.0 cm³/mol. The van der Waals surface area contributed by atoms with Crippen LogP contribution < -0.4 is 10.9 Å². The van der Waals surface area contributed by atoms with Gasteiger partial charge in [0.15, 0.2) is 0 Å². The lowest BCUT2D eigenvalue weighted by Crippen LogP contribution is -2.27. The van der Waals surface area contributed by atoms with Crippen LogP contribution in [0.3, 0.4) is 0 Å². The van der Waals surface area contributed by atoms with Crippen molar-refractivity contribution in [3.8, 4) is 0 Å². The third kappa shape index (κ3) is 5.13. The number of hydrogen-bond donors (Lipinski definition) is 2. The number of aromatic amines is 1. The molecule has 1 rings (SSSR count). The zero-order valence-electron chi connectivity index (χ0n) is 11.2. The van der Waals surface area contributed by atoms with Crippen molar-refractivity contribution in [2.24, 2.45) is 5.92 Å². The number of hydrogen-bond acceptors (Lipinski definition) is 3. The average Bonchev–Trinajstić information content (AvgIpc) is 2.24. The van der Waals surface area contributed by atoms with Crippen LogP contribution in [0, 0.1) is 5.92 Å². The minimum atomic E-state index is -0.0214. The van der Waals surface area contributed by atoms with Gasteiger partial charge in [0, 0.05) is 30.8 Å². The molecule has 0 fully saturated rings. The van der Waals surface area contributed by atoms with Gasteiger partial charge in [-0.2, -0.15) is 0 Å². The van der Waals surface area contributed by atoms with Crippen molar-refractivity contribution in [1.82, 2.24) is 15.3 Å². The summed E-state index contributed by atoms with van der Waals surface area (Å²) in [7, 11) is 0. The van der Waals surface area contributed by atoms with Crippen LogP contribution in [0.25, 0.3) is 0 Å². The minimum Gasteiger partial charge on any atom is -0.310 e. The van der Waals surface area contributed by atoms with Crippen molar-refractivity contribution < 1.29 is 0 Å². The van der Waals surface area contributed by atoms with Gasteiger partial charge in [-0.3, -0.25) is 4.79 Å². The molecular weight excluding hydrogens is 214 g/mol. The van der Waals surface area contributed by atoms with Gasteiger partial charge < -0.3 is 10.3 Å². The van der Waals surface area contributed by atoms with E-state index in [-0.39, 0.29) is 5.56 Å². The molecule has 0 unspecified atom stereocenters. The lowest BCUT2D eigenvalue weighted by atomic mass is 10.1. The second-order valence-electron chi connectivity index (χ2n) is 5.15. The first kappa shape index (κ1) is 13.9. The van der Waals surface area contributed by atoms with Crippen molar-refractivity contribution in [3.05, 3.63) is 27.9 Å². The Labute approximate surface area is 103 Å². The molecule has 0 saturated heterocycles. The topological polar surface area (TPSA) is 57.8 Å². The zero-order chi connectivity index (χ0) is 12.8. The molecule has 1 heterocycles. The van der Waals surface area contributed by atoms with Crippen molar-refractivity contribution >= 4 is 0 Å². The monoisotopic (exact) mass is 237 g/mol. The lowest BCUT2D eigenvalue weighted by Gasteiger charge is -2.08. The second kappa shape index (κ2) is 6.55. The summed E-state index contributed by atoms with van der Waals surface area (Å²) in [5.74, 6) is 1.42. The first-order valence-electron chi connectivity index (χ1n) is 6.29. The molecule has 0 atom stereocenters. The number of nitrogens with one attached hydrogen (secondary N) is 2. The van der Waals surface area contributed by atoms with Gasteiger partial charge in [0.05, 0.1) is 0 Å². The predicted octanol–water partition coefficient (Wildman–Crippen LogP) is 1.86. The number of rotatable bonds is 6. The van der Waals surface area contributed by atoms with Crippen LogP contribution in [0.1, 0.15) is 45.5 Å². The molecular formula is C13H23N3O. The second-order valence-corrected chi connectivity index (χ2v) is 5.15. The van der Waals surface area contributed by atoms with Crippen LogP contribution in [0.4, 0.5) is 0 Å². The molecule has 17 heavy (non-hydrogen) atoms.